The van der Waals surface area contributed by atoms with Gasteiger partial charge in [0.25, 0.3) is 0 Å². The Labute approximate surface area is 176 Å². The molecular formula is C23H26ClNO4. The van der Waals surface area contributed by atoms with Gasteiger partial charge in [0.05, 0.1) is 18.6 Å². The van der Waals surface area contributed by atoms with Crippen LogP contribution in [0.3, 0.4) is 0 Å². The first-order valence-electron chi connectivity index (χ1n) is 10.0. The molecule has 6 heteroatoms. The molecule has 2 aromatic rings. The van der Waals surface area contributed by atoms with Crippen molar-refractivity contribution in [3.05, 3.63) is 58.6 Å². The molecule has 1 aliphatic rings. The molecular weight excluding hydrogens is 390 g/mol. The fraction of sp³-hybridized carbons (Fsp3) is 0.391. The molecule has 2 aromatic carbocycles. The predicted molar refractivity (Wildman–Crippen MR) is 114 cm³/mol. The van der Waals surface area contributed by atoms with Crippen molar-refractivity contribution in [1.29, 1.82) is 0 Å². The average molecular weight is 416 g/mol. The Morgan fingerprint density at radius 1 is 1.03 bits per heavy atom. The molecule has 5 nitrogen and oxygen atoms in total. The molecule has 29 heavy (non-hydrogen) atoms. The van der Waals surface area contributed by atoms with Gasteiger partial charge in [0.15, 0.2) is 0 Å². The molecule has 1 amide bonds. The molecule has 0 saturated heterocycles. The predicted octanol–water partition coefficient (Wildman–Crippen LogP) is 5.37. The number of rotatable bonds is 7. The Morgan fingerprint density at radius 2 is 1.72 bits per heavy atom. The van der Waals surface area contributed by atoms with Crippen molar-refractivity contribution in [2.45, 2.75) is 44.9 Å². The largest absolute Gasteiger partial charge is 0.493 e. The highest BCUT2D eigenvalue weighted by molar-refractivity contribution is 6.30. The molecule has 1 saturated carbocycles. The topological polar surface area (TPSA) is 64.6 Å². The third-order valence-corrected chi connectivity index (χ3v) is 5.57. The molecule has 0 aromatic heterocycles. The Balaban J connectivity index is 1.89. The second-order valence-corrected chi connectivity index (χ2v) is 7.55. The number of halogens is 1. The summed E-state index contributed by atoms with van der Waals surface area (Å²) in [6.45, 7) is 4.29. The minimum Gasteiger partial charge on any atom is -0.493 e. The Hall–Kier alpha value is -2.53. The molecule has 1 aliphatic carbocycles. The molecule has 3 rings (SSSR count). The molecule has 0 aliphatic heterocycles. The number of nitrogens with one attached hydrogen (secondary N) is 1. The summed E-state index contributed by atoms with van der Waals surface area (Å²) in [5.41, 5.74) is 1.22. The highest BCUT2D eigenvalue weighted by Gasteiger charge is 2.42. The average Bonchev–Trinajstić information content (AvgIpc) is 3.21. The van der Waals surface area contributed by atoms with E-state index >= 15 is 0 Å². The standard InChI is InChI=1S/C23H26ClNO4/c1-3-28-20-12-11-18(15-19(20)21(26)29-4-2)25-22(27)23(13-5-6-14-23)16-7-9-17(24)10-8-16/h7-12,15H,3-6,13-14H2,1-2H3,(H,25,27). The minimum absolute atomic E-state index is 0.0729. The Morgan fingerprint density at radius 3 is 2.34 bits per heavy atom. The van der Waals surface area contributed by atoms with Crippen LogP contribution < -0.4 is 10.1 Å². The lowest BCUT2D eigenvalue weighted by Gasteiger charge is -2.28. The Kier molecular flexibility index (Phi) is 6.80. The lowest BCUT2D eigenvalue weighted by molar-refractivity contribution is -0.121. The number of hydrogen-bond donors (Lipinski definition) is 1. The van der Waals surface area contributed by atoms with Gasteiger partial charge in [-0.1, -0.05) is 36.6 Å². The third-order valence-electron chi connectivity index (χ3n) is 5.32. The van der Waals surface area contributed by atoms with E-state index in [4.69, 9.17) is 21.1 Å². The van der Waals surface area contributed by atoms with E-state index < -0.39 is 11.4 Å². The first-order valence-corrected chi connectivity index (χ1v) is 10.4. The third kappa shape index (κ3) is 4.56. The van der Waals surface area contributed by atoms with Crippen LogP contribution in [0.1, 0.15) is 55.5 Å². The van der Waals surface area contributed by atoms with E-state index in [1.807, 2.05) is 31.2 Å². The van der Waals surface area contributed by atoms with Crippen LogP contribution in [0, 0.1) is 0 Å². The minimum atomic E-state index is -0.590. The fourth-order valence-electron chi connectivity index (χ4n) is 3.90. The van der Waals surface area contributed by atoms with Crippen LogP contribution in [0.25, 0.3) is 0 Å². The summed E-state index contributed by atoms with van der Waals surface area (Å²) in [4.78, 5) is 25.7. The van der Waals surface area contributed by atoms with Gasteiger partial charge in [-0.3, -0.25) is 4.79 Å². The van der Waals surface area contributed by atoms with Crippen LogP contribution in [0.4, 0.5) is 5.69 Å². The summed E-state index contributed by atoms with van der Waals surface area (Å²) in [6.07, 6.45) is 3.55. The normalized spacial score (nSPS) is 15.0. The van der Waals surface area contributed by atoms with Gasteiger partial charge in [-0.15, -0.1) is 0 Å². The van der Waals surface area contributed by atoms with Crippen molar-refractivity contribution in [2.75, 3.05) is 18.5 Å². The summed E-state index contributed by atoms with van der Waals surface area (Å²) >= 11 is 6.03. The number of hydrogen-bond acceptors (Lipinski definition) is 4. The van der Waals surface area contributed by atoms with Crippen LogP contribution in [-0.4, -0.2) is 25.1 Å². The maximum Gasteiger partial charge on any atom is 0.341 e. The zero-order valence-corrected chi connectivity index (χ0v) is 17.6. The molecule has 1 fully saturated rings. The number of carbonyl (C=O) groups excluding carboxylic acids is 2. The lowest BCUT2D eigenvalue weighted by Crippen LogP contribution is -2.38. The molecule has 0 unspecified atom stereocenters. The Bertz CT molecular complexity index is 873. The molecule has 154 valence electrons. The highest BCUT2D eigenvalue weighted by atomic mass is 35.5. The van der Waals surface area contributed by atoms with Gasteiger partial charge in [-0.05, 0) is 62.6 Å². The van der Waals surface area contributed by atoms with Crippen LogP contribution >= 0.6 is 11.6 Å². The van der Waals surface area contributed by atoms with Gasteiger partial charge in [-0.25, -0.2) is 4.79 Å². The van der Waals surface area contributed by atoms with Gasteiger partial charge in [0.2, 0.25) is 5.91 Å². The van der Waals surface area contributed by atoms with E-state index in [2.05, 4.69) is 5.32 Å². The number of carbonyl (C=O) groups is 2. The first kappa shape index (κ1) is 21.2. The maximum atomic E-state index is 13.3. The zero-order chi connectivity index (χ0) is 20.9. The van der Waals surface area contributed by atoms with E-state index in [1.54, 1.807) is 25.1 Å². The summed E-state index contributed by atoms with van der Waals surface area (Å²) in [5.74, 6) is -0.103. The summed E-state index contributed by atoms with van der Waals surface area (Å²) in [5, 5.41) is 3.66. The van der Waals surface area contributed by atoms with Crippen molar-refractivity contribution in [3.8, 4) is 5.75 Å². The number of amides is 1. The SMILES string of the molecule is CCOC(=O)c1cc(NC(=O)C2(c3ccc(Cl)cc3)CCCC2)ccc1OCC. The van der Waals surface area contributed by atoms with Gasteiger partial charge in [0.1, 0.15) is 11.3 Å². The van der Waals surface area contributed by atoms with E-state index in [0.717, 1.165) is 31.2 Å². The number of ether oxygens (including phenoxy) is 2. The van der Waals surface area contributed by atoms with Gasteiger partial charge >= 0.3 is 5.97 Å². The van der Waals surface area contributed by atoms with E-state index in [1.165, 1.54) is 0 Å². The smallest absolute Gasteiger partial charge is 0.341 e. The molecule has 0 radical (unpaired) electrons. The quantitative estimate of drug-likeness (QED) is 0.618. The fourth-order valence-corrected chi connectivity index (χ4v) is 4.03. The first-order chi connectivity index (χ1) is 14.0. The van der Waals surface area contributed by atoms with Crippen LogP contribution in [0.15, 0.2) is 42.5 Å². The van der Waals surface area contributed by atoms with Crippen molar-refractivity contribution in [3.63, 3.8) is 0 Å². The van der Waals surface area contributed by atoms with Crippen molar-refractivity contribution in [1.82, 2.24) is 0 Å². The van der Waals surface area contributed by atoms with Crippen LogP contribution in [0.2, 0.25) is 5.02 Å². The number of esters is 1. The molecule has 0 heterocycles. The second-order valence-electron chi connectivity index (χ2n) is 7.11. The monoisotopic (exact) mass is 415 g/mol. The molecule has 0 bridgehead atoms. The summed E-state index contributed by atoms with van der Waals surface area (Å²) < 4.78 is 10.7. The van der Waals surface area contributed by atoms with Crippen molar-refractivity contribution in [2.24, 2.45) is 0 Å². The zero-order valence-electron chi connectivity index (χ0n) is 16.8. The summed E-state index contributed by atoms with van der Waals surface area (Å²) in [7, 11) is 0. The van der Waals surface area contributed by atoms with Crippen molar-refractivity contribution >= 4 is 29.2 Å². The van der Waals surface area contributed by atoms with E-state index in [-0.39, 0.29) is 12.5 Å². The van der Waals surface area contributed by atoms with Gasteiger partial charge < -0.3 is 14.8 Å². The number of benzene rings is 2. The molecule has 1 N–H and O–H groups in total. The second kappa shape index (κ2) is 9.31. The van der Waals surface area contributed by atoms with Crippen molar-refractivity contribution < 1.29 is 19.1 Å². The lowest BCUT2D eigenvalue weighted by atomic mass is 9.78. The van der Waals surface area contributed by atoms with Crippen LogP contribution in [-0.2, 0) is 14.9 Å². The van der Waals surface area contributed by atoms with Gasteiger partial charge in [0, 0.05) is 10.7 Å². The molecule has 0 spiro atoms. The summed E-state index contributed by atoms with van der Waals surface area (Å²) in [6, 6.07) is 12.5. The molecule has 0 atom stereocenters. The van der Waals surface area contributed by atoms with E-state index in [9.17, 15) is 9.59 Å². The maximum absolute atomic E-state index is 13.3. The highest BCUT2D eigenvalue weighted by Crippen LogP contribution is 2.42. The number of anilines is 1. The van der Waals surface area contributed by atoms with Crippen LogP contribution in [0.5, 0.6) is 5.75 Å². The van der Waals surface area contributed by atoms with E-state index in [0.29, 0.717) is 28.6 Å². The van der Waals surface area contributed by atoms with Gasteiger partial charge in [-0.2, -0.15) is 0 Å².